The van der Waals surface area contributed by atoms with Crippen molar-refractivity contribution in [1.82, 2.24) is 4.98 Å². The first-order valence-electron chi connectivity index (χ1n) is 5.86. The molecule has 0 amide bonds. The number of aromatic nitrogens is 1. The molecule has 0 aliphatic heterocycles. The summed E-state index contributed by atoms with van der Waals surface area (Å²) in [6.45, 7) is 2.25. The fraction of sp³-hybridized carbons (Fsp3) is 0.154. The lowest BCUT2D eigenvalue weighted by Gasteiger charge is -2.10. The third kappa shape index (κ3) is 3.36. The molecule has 0 saturated carbocycles. The summed E-state index contributed by atoms with van der Waals surface area (Å²) in [6.07, 6.45) is 1.46. The summed E-state index contributed by atoms with van der Waals surface area (Å²) in [7, 11) is -3.71. The van der Waals surface area contributed by atoms with Crippen molar-refractivity contribution in [3.63, 3.8) is 0 Å². The molecule has 20 heavy (non-hydrogen) atoms. The van der Waals surface area contributed by atoms with E-state index in [1.165, 1.54) is 12.3 Å². The maximum atomic E-state index is 12.2. The Balaban J connectivity index is 2.30. The fourth-order valence-electron chi connectivity index (χ4n) is 1.59. The van der Waals surface area contributed by atoms with Crippen LogP contribution in [0.4, 0.5) is 5.69 Å². The van der Waals surface area contributed by atoms with E-state index in [0.29, 0.717) is 16.7 Å². The summed E-state index contributed by atoms with van der Waals surface area (Å²) in [6, 6.07) is 8.44. The zero-order chi connectivity index (χ0) is 14.8. The van der Waals surface area contributed by atoms with Gasteiger partial charge in [0.05, 0.1) is 5.69 Å². The molecule has 1 aromatic carbocycles. The molecule has 0 bridgehead atoms. The van der Waals surface area contributed by atoms with E-state index in [4.69, 9.17) is 5.73 Å². The lowest BCUT2D eigenvalue weighted by molar-refractivity contribution is 0.597. The van der Waals surface area contributed by atoms with Crippen molar-refractivity contribution in [2.45, 2.75) is 18.5 Å². The second-order valence-electron chi connectivity index (χ2n) is 4.30. The second kappa shape index (κ2) is 5.90. The lowest BCUT2D eigenvalue weighted by atomic mass is 10.2. The van der Waals surface area contributed by atoms with Crippen molar-refractivity contribution in [2.75, 3.05) is 4.72 Å². The van der Waals surface area contributed by atoms with Gasteiger partial charge in [0.25, 0.3) is 10.0 Å². The topological polar surface area (TPSA) is 85.1 Å². The Hall–Kier alpha value is -1.44. The molecule has 0 radical (unpaired) electrons. The van der Waals surface area contributed by atoms with Gasteiger partial charge in [-0.05, 0) is 52.2 Å². The van der Waals surface area contributed by atoms with Gasteiger partial charge in [-0.25, -0.2) is 4.98 Å². The number of nitrogens with one attached hydrogen (secondary N) is 1. The van der Waals surface area contributed by atoms with E-state index in [9.17, 15) is 8.42 Å². The third-order valence-corrected chi connectivity index (χ3v) is 4.61. The van der Waals surface area contributed by atoms with E-state index in [1.54, 1.807) is 12.1 Å². The molecule has 2 aromatic rings. The highest BCUT2D eigenvalue weighted by Gasteiger charge is 2.17. The fourth-order valence-corrected chi connectivity index (χ4v) is 3.32. The van der Waals surface area contributed by atoms with E-state index >= 15 is 0 Å². The van der Waals surface area contributed by atoms with Gasteiger partial charge in [-0.2, -0.15) is 8.42 Å². The van der Waals surface area contributed by atoms with Gasteiger partial charge in [-0.15, -0.1) is 0 Å². The van der Waals surface area contributed by atoms with Crippen LogP contribution in [-0.2, 0) is 16.6 Å². The Bertz CT molecular complexity index is 715. The number of benzene rings is 1. The molecule has 2 rings (SSSR count). The molecule has 0 aliphatic carbocycles. The Labute approximate surface area is 126 Å². The SMILES string of the molecule is Cc1ccc(NS(=O)(=O)c2ccc(CN)cn2)c(Br)c1. The van der Waals surface area contributed by atoms with E-state index in [2.05, 4.69) is 25.6 Å². The minimum atomic E-state index is -3.71. The van der Waals surface area contributed by atoms with Crippen LogP contribution in [0.1, 0.15) is 11.1 Å². The van der Waals surface area contributed by atoms with Gasteiger partial charge in [0.1, 0.15) is 0 Å². The molecule has 3 N–H and O–H groups in total. The van der Waals surface area contributed by atoms with Crippen LogP contribution in [0.25, 0.3) is 0 Å². The summed E-state index contributed by atoms with van der Waals surface area (Å²) >= 11 is 3.33. The van der Waals surface area contributed by atoms with Crippen molar-refractivity contribution in [3.8, 4) is 0 Å². The molecule has 1 aromatic heterocycles. The zero-order valence-electron chi connectivity index (χ0n) is 10.8. The van der Waals surface area contributed by atoms with Crippen LogP contribution < -0.4 is 10.5 Å². The van der Waals surface area contributed by atoms with Crippen LogP contribution in [0.5, 0.6) is 0 Å². The number of sulfonamides is 1. The summed E-state index contributed by atoms with van der Waals surface area (Å²) < 4.78 is 27.6. The quantitative estimate of drug-likeness (QED) is 0.881. The normalized spacial score (nSPS) is 11.3. The van der Waals surface area contributed by atoms with E-state index in [1.807, 2.05) is 19.1 Å². The minimum absolute atomic E-state index is 0.0397. The van der Waals surface area contributed by atoms with Crippen molar-refractivity contribution in [3.05, 3.63) is 52.1 Å². The highest BCUT2D eigenvalue weighted by molar-refractivity contribution is 9.10. The number of hydrogen-bond acceptors (Lipinski definition) is 4. The monoisotopic (exact) mass is 355 g/mol. The van der Waals surface area contributed by atoms with Crippen LogP contribution in [0, 0.1) is 6.92 Å². The highest BCUT2D eigenvalue weighted by Crippen LogP contribution is 2.25. The number of rotatable bonds is 4. The molecular formula is C13H14BrN3O2S. The predicted molar refractivity (Wildman–Crippen MR) is 81.8 cm³/mol. The number of nitrogens with two attached hydrogens (primary N) is 1. The molecule has 7 heteroatoms. The molecule has 0 unspecified atom stereocenters. The van der Waals surface area contributed by atoms with Crippen LogP contribution in [0.15, 0.2) is 46.0 Å². The zero-order valence-corrected chi connectivity index (χ0v) is 13.2. The van der Waals surface area contributed by atoms with Crippen molar-refractivity contribution >= 4 is 31.6 Å². The standard InChI is InChI=1S/C13H14BrN3O2S/c1-9-2-4-12(11(14)6-9)17-20(18,19)13-5-3-10(7-15)8-16-13/h2-6,8,17H,7,15H2,1H3. The molecule has 0 aliphatic rings. The van der Waals surface area contributed by atoms with E-state index in [-0.39, 0.29) is 5.03 Å². The molecule has 0 atom stereocenters. The summed E-state index contributed by atoms with van der Waals surface area (Å²) in [5.74, 6) is 0. The molecule has 0 fully saturated rings. The van der Waals surface area contributed by atoms with Crippen molar-refractivity contribution < 1.29 is 8.42 Å². The lowest BCUT2D eigenvalue weighted by Crippen LogP contribution is -2.15. The molecule has 0 saturated heterocycles. The number of halogens is 1. The first-order valence-corrected chi connectivity index (χ1v) is 8.14. The van der Waals surface area contributed by atoms with E-state index in [0.717, 1.165) is 11.1 Å². The summed E-state index contributed by atoms with van der Waals surface area (Å²) in [4.78, 5) is 3.92. The minimum Gasteiger partial charge on any atom is -0.326 e. The first kappa shape index (κ1) is 15.0. The van der Waals surface area contributed by atoms with Gasteiger partial charge in [-0.1, -0.05) is 12.1 Å². The summed E-state index contributed by atoms with van der Waals surface area (Å²) in [5.41, 5.74) is 7.74. The van der Waals surface area contributed by atoms with Crippen LogP contribution in [0.2, 0.25) is 0 Å². The van der Waals surface area contributed by atoms with Crippen LogP contribution in [-0.4, -0.2) is 13.4 Å². The third-order valence-electron chi connectivity index (χ3n) is 2.68. The largest absolute Gasteiger partial charge is 0.326 e. The van der Waals surface area contributed by atoms with Crippen molar-refractivity contribution in [2.24, 2.45) is 5.73 Å². The van der Waals surface area contributed by atoms with Gasteiger partial charge in [-0.3, -0.25) is 4.72 Å². The van der Waals surface area contributed by atoms with Gasteiger partial charge >= 0.3 is 0 Å². The van der Waals surface area contributed by atoms with Crippen LogP contribution in [0.3, 0.4) is 0 Å². The van der Waals surface area contributed by atoms with Gasteiger partial charge in [0.15, 0.2) is 5.03 Å². The number of hydrogen-bond donors (Lipinski definition) is 2. The maximum Gasteiger partial charge on any atom is 0.279 e. The maximum absolute atomic E-state index is 12.2. The van der Waals surface area contributed by atoms with Gasteiger partial charge in [0, 0.05) is 17.2 Å². The summed E-state index contributed by atoms with van der Waals surface area (Å²) in [5, 5.41) is -0.0397. The number of nitrogens with zero attached hydrogens (tertiary/aromatic N) is 1. The molecule has 5 nitrogen and oxygen atoms in total. The predicted octanol–water partition coefficient (Wildman–Crippen LogP) is 2.41. The Morgan fingerprint density at radius 3 is 2.60 bits per heavy atom. The molecular weight excluding hydrogens is 342 g/mol. The van der Waals surface area contributed by atoms with Gasteiger partial charge in [0.2, 0.25) is 0 Å². The number of aryl methyl sites for hydroxylation is 1. The van der Waals surface area contributed by atoms with E-state index < -0.39 is 10.0 Å². The number of pyridine rings is 1. The van der Waals surface area contributed by atoms with Crippen molar-refractivity contribution in [1.29, 1.82) is 0 Å². The molecule has 0 spiro atoms. The van der Waals surface area contributed by atoms with Gasteiger partial charge < -0.3 is 5.73 Å². The highest BCUT2D eigenvalue weighted by atomic mass is 79.9. The van der Waals surface area contributed by atoms with Crippen LogP contribution >= 0.6 is 15.9 Å². The average molecular weight is 356 g/mol. The first-order chi connectivity index (χ1) is 9.42. The number of anilines is 1. The molecule has 1 heterocycles. The Morgan fingerprint density at radius 1 is 1.30 bits per heavy atom. The second-order valence-corrected chi connectivity index (χ2v) is 6.78. The Kier molecular flexibility index (Phi) is 4.42. The Morgan fingerprint density at radius 2 is 2.05 bits per heavy atom. The smallest absolute Gasteiger partial charge is 0.279 e. The molecule has 106 valence electrons. The average Bonchev–Trinajstić information content (AvgIpc) is 2.42.